The Bertz CT molecular complexity index is 950. The summed E-state index contributed by atoms with van der Waals surface area (Å²) in [6, 6.07) is 0.748. The molecule has 0 bridgehead atoms. The SMILES string of the molecule is CNc1nc(-c2cnn3cc(OC)c(C(C)(C)O)nc23)c(F)cc1F. The molecule has 3 aromatic heterocycles. The Balaban J connectivity index is 2.29. The quantitative estimate of drug-likeness (QED) is 0.752. The second-order valence-corrected chi connectivity index (χ2v) is 5.94. The van der Waals surface area contributed by atoms with Gasteiger partial charge in [0.1, 0.15) is 17.0 Å². The first-order valence-corrected chi connectivity index (χ1v) is 7.45. The van der Waals surface area contributed by atoms with E-state index in [1.807, 2.05) is 0 Å². The molecule has 7 nitrogen and oxygen atoms in total. The third-order valence-corrected chi connectivity index (χ3v) is 3.68. The lowest BCUT2D eigenvalue weighted by Gasteiger charge is -2.19. The van der Waals surface area contributed by atoms with E-state index >= 15 is 0 Å². The highest BCUT2D eigenvalue weighted by Gasteiger charge is 2.26. The molecule has 0 aromatic carbocycles. The van der Waals surface area contributed by atoms with Crippen molar-refractivity contribution in [3.05, 3.63) is 35.8 Å². The first kappa shape index (κ1) is 17.0. The Morgan fingerprint density at radius 2 is 1.96 bits per heavy atom. The maximum Gasteiger partial charge on any atom is 0.168 e. The van der Waals surface area contributed by atoms with Crippen LogP contribution in [0.25, 0.3) is 16.9 Å². The molecule has 3 heterocycles. The van der Waals surface area contributed by atoms with E-state index in [1.165, 1.54) is 31.1 Å². The van der Waals surface area contributed by atoms with Crippen molar-refractivity contribution in [1.82, 2.24) is 19.6 Å². The average Bonchev–Trinajstić information content (AvgIpc) is 2.96. The van der Waals surface area contributed by atoms with E-state index in [1.54, 1.807) is 13.8 Å². The third-order valence-electron chi connectivity index (χ3n) is 3.68. The molecular weight excluding hydrogens is 332 g/mol. The minimum absolute atomic E-state index is 0.0908. The molecule has 0 radical (unpaired) electrons. The number of halogens is 2. The summed E-state index contributed by atoms with van der Waals surface area (Å²) in [5, 5.41) is 17.0. The fraction of sp³-hybridized carbons (Fsp3) is 0.312. The Hall–Kier alpha value is -2.81. The molecule has 0 unspecified atom stereocenters. The van der Waals surface area contributed by atoms with Gasteiger partial charge in [0.05, 0.1) is 25.1 Å². The highest BCUT2D eigenvalue weighted by molar-refractivity contribution is 5.76. The van der Waals surface area contributed by atoms with Crippen molar-refractivity contribution < 1.29 is 18.6 Å². The summed E-state index contributed by atoms with van der Waals surface area (Å²) in [4.78, 5) is 8.35. The molecule has 0 amide bonds. The van der Waals surface area contributed by atoms with Crippen molar-refractivity contribution in [2.45, 2.75) is 19.4 Å². The monoisotopic (exact) mass is 349 g/mol. The number of pyridine rings is 1. The summed E-state index contributed by atoms with van der Waals surface area (Å²) < 4.78 is 34.5. The molecule has 0 aliphatic carbocycles. The van der Waals surface area contributed by atoms with E-state index in [9.17, 15) is 13.9 Å². The lowest BCUT2D eigenvalue weighted by molar-refractivity contribution is 0.0707. The largest absolute Gasteiger partial charge is 0.493 e. The number of ether oxygens (including phenoxy) is 1. The summed E-state index contributed by atoms with van der Waals surface area (Å²) >= 11 is 0. The molecule has 3 rings (SSSR count). The number of nitrogens with one attached hydrogen (secondary N) is 1. The first-order valence-electron chi connectivity index (χ1n) is 7.45. The van der Waals surface area contributed by atoms with Gasteiger partial charge in [-0.05, 0) is 13.8 Å². The summed E-state index contributed by atoms with van der Waals surface area (Å²) in [6.07, 6.45) is 2.90. The maximum atomic E-state index is 14.3. The minimum atomic E-state index is -1.29. The van der Waals surface area contributed by atoms with E-state index in [-0.39, 0.29) is 28.4 Å². The van der Waals surface area contributed by atoms with Crippen molar-refractivity contribution in [2.24, 2.45) is 0 Å². The molecule has 0 fully saturated rings. The summed E-state index contributed by atoms with van der Waals surface area (Å²) in [6.45, 7) is 3.11. The fourth-order valence-corrected chi connectivity index (χ4v) is 2.48. The zero-order valence-corrected chi connectivity index (χ0v) is 14.1. The van der Waals surface area contributed by atoms with Gasteiger partial charge in [0, 0.05) is 13.1 Å². The molecule has 0 saturated carbocycles. The van der Waals surface area contributed by atoms with E-state index < -0.39 is 17.2 Å². The first-order chi connectivity index (χ1) is 11.8. The average molecular weight is 349 g/mol. The van der Waals surface area contributed by atoms with Crippen LogP contribution in [0.3, 0.4) is 0 Å². The van der Waals surface area contributed by atoms with Gasteiger partial charge >= 0.3 is 0 Å². The molecule has 132 valence electrons. The lowest BCUT2D eigenvalue weighted by atomic mass is 10.0. The number of hydrogen-bond acceptors (Lipinski definition) is 6. The van der Waals surface area contributed by atoms with Gasteiger partial charge in [-0.1, -0.05) is 0 Å². The predicted molar refractivity (Wildman–Crippen MR) is 87.5 cm³/mol. The van der Waals surface area contributed by atoms with Crippen LogP contribution in [0.15, 0.2) is 18.5 Å². The highest BCUT2D eigenvalue weighted by Crippen LogP contribution is 2.32. The van der Waals surface area contributed by atoms with Crippen molar-refractivity contribution in [3.63, 3.8) is 0 Å². The minimum Gasteiger partial charge on any atom is -0.493 e. The van der Waals surface area contributed by atoms with E-state index in [0.717, 1.165) is 6.07 Å². The molecule has 0 saturated heterocycles. The Kier molecular flexibility index (Phi) is 4.03. The number of nitrogens with zero attached hydrogens (tertiary/aromatic N) is 4. The van der Waals surface area contributed by atoms with Gasteiger partial charge in [-0.2, -0.15) is 5.10 Å². The van der Waals surface area contributed by atoms with Crippen LogP contribution < -0.4 is 10.1 Å². The van der Waals surface area contributed by atoms with Crippen molar-refractivity contribution in [3.8, 4) is 17.0 Å². The number of methoxy groups -OCH3 is 1. The standard InChI is InChI=1S/C16H17F2N5O2/c1-16(2,24)13-11(25-4)7-23-15(22-13)8(6-20-23)12-9(17)5-10(18)14(19-3)21-12/h5-7,24H,1-4H3,(H,19,21). The van der Waals surface area contributed by atoms with Crippen LogP contribution in [0.5, 0.6) is 5.75 Å². The summed E-state index contributed by atoms with van der Waals surface area (Å²) in [5.41, 5.74) is -0.597. The van der Waals surface area contributed by atoms with Crippen molar-refractivity contribution in [2.75, 3.05) is 19.5 Å². The summed E-state index contributed by atoms with van der Waals surface area (Å²) in [5.74, 6) is -1.40. The number of anilines is 1. The van der Waals surface area contributed by atoms with Gasteiger partial charge in [0.2, 0.25) is 0 Å². The van der Waals surface area contributed by atoms with Crippen molar-refractivity contribution in [1.29, 1.82) is 0 Å². The lowest BCUT2D eigenvalue weighted by Crippen LogP contribution is -2.19. The van der Waals surface area contributed by atoms with E-state index in [4.69, 9.17) is 4.74 Å². The highest BCUT2D eigenvalue weighted by atomic mass is 19.1. The number of aromatic nitrogens is 4. The molecule has 2 N–H and O–H groups in total. The Morgan fingerprint density at radius 1 is 1.24 bits per heavy atom. The van der Waals surface area contributed by atoms with Gasteiger partial charge in [-0.25, -0.2) is 23.3 Å². The van der Waals surface area contributed by atoms with Crippen LogP contribution in [0.1, 0.15) is 19.5 Å². The van der Waals surface area contributed by atoms with Crippen LogP contribution in [0, 0.1) is 11.6 Å². The molecule has 0 atom stereocenters. The molecule has 3 aromatic rings. The molecule has 25 heavy (non-hydrogen) atoms. The third kappa shape index (κ3) is 2.86. The number of rotatable bonds is 4. The van der Waals surface area contributed by atoms with Gasteiger partial charge in [-0.15, -0.1) is 0 Å². The Morgan fingerprint density at radius 3 is 2.56 bits per heavy atom. The normalized spacial score (nSPS) is 11.8. The molecule has 9 heteroatoms. The van der Waals surface area contributed by atoms with Crippen LogP contribution in [0.2, 0.25) is 0 Å². The smallest absolute Gasteiger partial charge is 0.168 e. The van der Waals surface area contributed by atoms with Gasteiger partial charge < -0.3 is 15.2 Å². The van der Waals surface area contributed by atoms with Crippen LogP contribution in [-0.4, -0.2) is 38.8 Å². The second-order valence-electron chi connectivity index (χ2n) is 5.94. The van der Waals surface area contributed by atoms with E-state index in [2.05, 4.69) is 20.4 Å². The Labute approximate surface area is 142 Å². The molecule has 0 spiro atoms. The molecule has 0 aliphatic rings. The number of fused-ring (bicyclic) bond motifs is 1. The van der Waals surface area contributed by atoms with Crippen LogP contribution in [0.4, 0.5) is 14.6 Å². The maximum absolute atomic E-state index is 14.3. The molecule has 0 aliphatic heterocycles. The molecular formula is C16H17F2N5O2. The second kappa shape index (κ2) is 5.92. The van der Waals surface area contributed by atoms with Crippen molar-refractivity contribution >= 4 is 11.5 Å². The van der Waals surface area contributed by atoms with Gasteiger partial charge in [0.15, 0.2) is 28.8 Å². The zero-order chi connectivity index (χ0) is 18.4. The van der Waals surface area contributed by atoms with Gasteiger partial charge in [-0.3, -0.25) is 0 Å². The topological polar surface area (TPSA) is 84.6 Å². The predicted octanol–water partition coefficient (Wildman–Crippen LogP) is 2.35. The van der Waals surface area contributed by atoms with Crippen LogP contribution in [-0.2, 0) is 5.60 Å². The summed E-state index contributed by atoms with van der Waals surface area (Å²) in [7, 11) is 2.93. The van der Waals surface area contributed by atoms with E-state index in [0.29, 0.717) is 5.75 Å². The number of aliphatic hydroxyl groups is 1. The zero-order valence-electron chi connectivity index (χ0n) is 14.1. The van der Waals surface area contributed by atoms with Gasteiger partial charge in [0.25, 0.3) is 0 Å². The fourth-order valence-electron chi connectivity index (χ4n) is 2.48. The number of hydrogen-bond donors (Lipinski definition) is 2. The van der Waals surface area contributed by atoms with Crippen LogP contribution >= 0.6 is 0 Å².